The third kappa shape index (κ3) is 7.55. The van der Waals surface area contributed by atoms with E-state index in [-0.39, 0.29) is 17.1 Å². The average molecular weight is 587 g/mol. The molecule has 1 aromatic heterocycles. The summed E-state index contributed by atoms with van der Waals surface area (Å²) in [5.41, 5.74) is 5.26. The monoisotopic (exact) mass is 586 g/mol. The van der Waals surface area contributed by atoms with Crippen LogP contribution in [0.4, 0.5) is 10.1 Å². The number of methoxy groups -OCH3 is 1. The van der Waals surface area contributed by atoms with Crippen LogP contribution in [0.5, 0.6) is 5.75 Å². The van der Waals surface area contributed by atoms with Crippen molar-refractivity contribution >= 4 is 22.9 Å². The lowest BCUT2D eigenvalue weighted by atomic mass is 9.87. The molecule has 0 N–H and O–H groups in total. The molecular weight excluding hydrogens is 547 g/mol. The van der Waals surface area contributed by atoms with Crippen molar-refractivity contribution in [2.24, 2.45) is 0 Å². The van der Waals surface area contributed by atoms with Gasteiger partial charge in [-0.2, -0.15) is 0 Å². The number of rotatable bonds is 9. The first-order valence-electron chi connectivity index (χ1n) is 14.4. The average Bonchev–Trinajstić information content (AvgIpc) is 3.46. The maximum atomic E-state index is 13.6. The summed E-state index contributed by atoms with van der Waals surface area (Å²) >= 11 is 1.52. The Morgan fingerprint density at radius 1 is 0.881 bits per heavy atom. The third-order valence-electron chi connectivity index (χ3n) is 7.68. The molecule has 0 bridgehead atoms. The fourth-order valence-electron chi connectivity index (χ4n) is 5.18. The van der Waals surface area contributed by atoms with Crippen LogP contribution in [-0.2, 0) is 25.0 Å². The largest absolute Gasteiger partial charge is 0.497 e. The molecule has 3 aromatic carbocycles. The lowest BCUT2D eigenvalue weighted by Crippen LogP contribution is -2.48. The topological polar surface area (TPSA) is 48.9 Å². The summed E-state index contributed by atoms with van der Waals surface area (Å²) in [5, 5.41) is 2.77. The second kappa shape index (κ2) is 13.0. The second-order valence-electron chi connectivity index (χ2n) is 11.8. The Labute approximate surface area is 252 Å². The van der Waals surface area contributed by atoms with Gasteiger partial charge in [-0.1, -0.05) is 57.2 Å². The predicted molar refractivity (Wildman–Crippen MR) is 168 cm³/mol. The van der Waals surface area contributed by atoms with E-state index >= 15 is 0 Å². The Morgan fingerprint density at radius 3 is 2.05 bits per heavy atom. The van der Waals surface area contributed by atoms with Gasteiger partial charge in [0.15, 0.2) is 0 Å². The Kier molecular flexibility index (Phi) is 9.24. The zero-order chi connectivity index (χ0) is 29.7. The van der Waals surface area contributed by atoms with Crippen molar-refractivity contribution in [3.8, 4) is 5.75 Å². The van der Waals surface area contributed by atoms with Crippen LogP contribution in [0, 0.1) is 5.82 Å². The molecule has 2 heterocycles. The summed E-state index contributed by atoms with van der Waals surface area (Å²) in [6.07, 6.45) is 0. The van der Waals surface area contributed by atoms with Crippen LogP contribution in [-0.4, -0.2) is 54.0 Å². The number of ether oxygens (including phenoxy) is 1. The summed E-state index contributed by atoms with van der Waals surface area (Å²) in [6.45, 7) is 11.5. The minimum absolute atomic E-state index is 0.0188. The summed E-state index contributed by atoms with van der Waals surface area (Å²) in [5.74, 6) is 0.576. The molecule has 8 heteroatoms. The number of nitrogens with zero attached hydrogens (tertiary/aromatic N) is 4. The van der Waals surface area contributed by atoms with Gasteiger partial charge in [0, 0.05) is 50.3 Å². The number of hydrogen-bond donors (Lipinski definition) is 0. The zero-order valence-electron chi connectivity index (χ0n) is 24.8. The van der Waals surface area contributed by atoms with Crippen LogP contribution in [0.2, 0.25) is 0 Å². The Bertz CT molecular complexity index is 1460. The lowest BCUT2D eigenvalue weighted by molar-refractivity contribution is 0.0741. The SMILES string of the molecule is COc1ccc(N2CCN(C(=O)c3csc(CN(Cc4ccc(F)cc4)Cc4ccc(C(C)(C)C)cc4)n3)CC2)cc1. The van der Waals surface area contributed by atoms with E-state index in [1.54, 1.807) is 7.11 Å². The first kappa shape index (κ1) is 29.7. The van der Waals surface area contributed by atoms with Gasteiger partial charge in [0.1, 0.15) is 22.3 Å². The number of thiazole rings is 1. The lowest BCUT2D eigenvalue weighted by Gasteiger charge is -2.35. The van der Waals surface area contributed by atoms with Crippen LogP contribution in [0.15, 0.2) is 78.2 Å². The molecule has 1 saturated heterocycles. The van der Waals surface area contributed by atoms with Crippen LogP contribution in [0.3, 0.4) is 0 Å². The van der Waals surface area contributed by atoms with Gasteiger partial charge in [-0.15, -0.1) is 11.3 Å². The first-order valence-corrected chi connectivity index (χ1v) is 15.2. The molecule has 0 aliphatic carbocycles. The fourth-order valence-corrected chi connectivity index (χ4v) is 5.99. The minimum Gasteiger partial charge on any atom is -0.497 e. The molecule has 1 fully saturated rings. The van der Waals surface area contributed by atoms with E-state index in [4.69, 9.17) is 9.72 Å². The first-order chi connectivity index (χ1) is 20.2. The van der Waals surface area contributed by atoms with Crippen LogP contribution >= 0.6 is 11.3 Å². The van der Waals surface area contributed by atoms with Gasteiger partial charge in [0.05, 0.1) is 13.7 Å². The molecule has 42 heavy (non-hydrogen) atoms. The van der Waals surface area contributed by atoms with Crippen molar-refractivity contribution in [1.29, 1.82) is 0 Å². The van der Waals surface area contributed by atoms with Gasteiger partial charge in [-0.05, 0) is 58.5 Å². The van der Waals surface area contributed by atoms with Gasteiger partial charge < -0.3 is 14.5 Å². The number of carbonyl (C=O) groups is 1. The van der Waals surface area contributed by atoms with Crippen LogP contribution < -0.4 is 9.64 Å². The number of hydrogen-bond acceptors (Lipinski definition) is 6. The van der Waals surface area contributed by atoms with Crippen molar-refractivity contribution < 1.29 is 13.9 Å². The van der Waals surface area contributed by atoms with Gasteiger partial charge in [0.25, 0.3) is 5.91 Å². The zero-order valence-corrected chi connectivity index (χ0v) is 25.7. The molecular formula is C34H39FN4O2S. The molecule has 6 nitrogen and oxygen atoms in total. The highest BCUT2D eigenvalue weighted by atomic mass is 32.1. The van der Waals surface area contributed by atoms with Crippen molar-refractivity contribution in [2.75, 3.05) is 38.2 Å². The number of halogens is 1. The van der Waals surface area contributed by atoms with E-state index in [9.17, 15) is 9.18 Å². The van der Waals surface area contributed by atoms with Gasteiger partial charge in [-0.25, -0.2) is 9.37 Å². The highest BCUT2D eigenvalue weighted by Crippen LogP contribution is 2.25. The number of aromatic nitrogens is 1. The van der Waals surface area contributed by atoms with E-state index in [0.717, 1.165) is 41.6 Å². The maximum Gasteiger partial charge on any atom is 0.273 e. The molecule has 0 spiro atoms. The van der Waals surface area contributed by atoms with Crippen LogP contribution in [0.25, 0.3) is 0 Å². The molecule has 4 aromatic rings. The second-order valence-corrected chi connectivity index (χ2v) is 12.8. The van der Waals surface area contributed by atoms with E-state index in [0.29, 0.717) is 31.9 Å². The predicted octanol–water partition coefficient (Wildman–Crippen LogP) is 6.75. The molecule has 1 aliphatic heterocycles. The Balaban J connectivity index is 1.23. The summed E-state index contributed by atoms with van der Waals surface area (Å²) in [6, 6.07) is 23.4. The van der Waals surface area contributed by atoms with Crippen molar-refractivity contribution in [2.45, 2.75) is 45.8 Å². The number of piperazine rings is 1. The smallest absolute Gasteiger partial charge is 0.273 e. The van der Waals surface area contributed by atoms with E-state index in [2.05, 4.69) is 67.0 Å². The molecule has 0 saturated carbocycles. The fraction of sp³-hybridized carbons (Fsp3) is 0.353. The van der Waals surface area contributed by atoms with Gasteiger partial charge in [-0.3, -0.25) is 9.69 Å². The van der Waals surface area contributed by atoms with Gasteiger partial charge in [0.2, 0.25) is 0 Å². The summed E-state index contributed by atoms with van der Waals surface area (Å²) < 4.78 is 18.8. The summed E-state index contributed by atoms with van der Waals surface area (Å²) in [4.78, 5) is 24.6. The molecule has 0 unspecified atom stereocenters. The Morgan fingerprint density at radius 2 is 1.48 bits per heavy atom. The van der Waals surface area contributed by atoms with Crippen LogP contribution in [0.1, 0.15) is 53.0 Å². The van der Waals surface area contributed by atoms with E-state index in [1.807, 2.05) is 34.5 Å². The summed E-state index contributed by atoms with van der Waals surface area (Å²) in [7, 11) is 1.66. The molecule has 220 valence electrons. The van der Waals surface area contributed by atoms with Crippen molar-refractivity contribution in [1.82, 2.24) is 14.8 Å². The molecule has 1 aliphatic rings. The number of carbonyl (C=O) groups excluding carboxylic acids is 1. The number of anilines is 1. The normalized spacial score (nSPS) is 14.0. The molecule has 0 radical (unpaired) electrons. The molecule has 0 atom stereocenters. The third-order valence-corrected chi connectivity index (χ3v) is 8.51. The highest BCUT2D eigenvalue weighted by molar-refractivity contribution is 7.09. The van der Waals surface area contributed by atoms with Crippen molar-refractivity contribution in [3.63, 3.8) is 0 Å². The van der Waals surface area contributed by atoms with E-state index < -0.39 is 0 Å². The quantitative estimate of drug-likeness (QED) is 0.217. The Hall–Kier alpha value is -3.75. The highest BCUT2D eigenvalue weighted by Gasteiger charge is 2.24. The standard InChI is InChI=1S/C34H39FN4O2S/c1-34(2,3)27-9-5-25(6-10-27)21-37(22-26-7-11-28(35)12-8-26)23-32-36-31(24-42-32)33(40)39-19-17-38(18-20-39)29-13-15-30(41-4)16-14-29/h5-16,24H,17-23H2,1-4H3. The van der Waals surface area contributed by atoms with E-state index in [1.165, 1.54) is 34.6 Å². The molecule has 1 amide bonds. The maximum absolute atomic E-state index is 13.6. The van der Waals surface area contributed by atoms with Gasteiger partial charge >= 0.3 is 0 Å². The number of amides is 1. The minimum atomic E-state index is -0.240. The van der Waals surface area contributed by atoms with Crippen molar-refractivity contribution in [3.05, 3.63) is 111 Å². The molecule has 5 rings (SSSR count). The number of benzene rings is 3.